The molecule has 112 valence electrons. The maximum absolute atomic E-state index is 13.9. The standard InChI is InChI=1S/C17H18FNO.ClH/c1-20-14-8-9-16(18)15(11-14)12-4-6-13(7-5-12)17-3-2-10-19-17;/h4-9,11,17,19H,2-3,10H2,1H3;1H. The van der Waals surface area contributed by atoms with Crippen molar-refractivity contribution in [3.63, 3.8) is 0 Å². The zero-order valence-corrected chi connectivity index (χ0v) is 12.8. The fourth-order valence-electron chi connectivity index (χ4n) is 2.72. The molecule has 0 bridgehead atoms. The number of hydrogen-bond acceptors (Lipinski definition) is 2. The molecule has 2 nitrogen and oxygen atoms in total. The number of halogens is 2. The van der Waals surface area contributed by atoms with E-state index in [1.807, 2.05) is 12.1 Å². The summed E-state index contributed by atoms with van der Waals surface area (Å²) in [4.78, 5) is 0. The number of methoxy groups -OCH3 is 1. The molecule has 1 atom stereocenters. The van der Waals surface area contributed by atoms with Crippen LogP contribution < -0.4 is 10.1 Å². The Hall–Kier alpha value is -1.58. The number of rotatable bonds is 3. The number of benzene rings is 2. The smallest absolute Gasteiger partial charge is 0.131 e. The molecule has 1 aliphatic heterocycles. The quantitative estimate of drug-likeness (QED) is 0.910. The van der Waals surface area contributed by atoms with Crippen LogP contribution in [0.2, 0.25) is 0 Å². The van der Waals surface area contributed by atoms with Crippen LogP contribution >= 0.6 is 12.4 Å². The Morgan fingerprint density at radius 2 is 1.90 bits per heavy atom. The van der Waals surface area contributed by atoms with E-state index < -0.39 is 0 Å². The lowest BCUT2D eigenvalue weighted by molar-refractivity contribution is 0.414. The maximum atomic E-state index is 13.9. The molecule has 2 aromatic carbocycles. The van der Waals surface area contributed by atoms with Gasteiger partial charge in [-0.3, -0.25) is 0 Å². The Labute approximate surface area is 130 Å². The Morgan fingerprint density at radius 1 is 1.14 bits per heavy atom. The average Bonchev–Trinajstić information content (AvgIpc) is 3.02. The number of nitrogens with one attached hydrogen (secondary N) is 1. The van der Waals surface area contributed by atoms with Gasteiger partial charge in [0, 0.05) is 11.6 Å². The fraction of sp³-hybridized carbons (Fsp3) is 0.294. The van der Waals surface area contributed by atoms with E-state index in [-0.39, 0.29) is 18.2 Å². The molecule has 0 aliphatic carbocycles. The Balaban J connectivity index is 0.00000161. The van der Waals surface area contributed by atoms with E-state index in [1.54, 1.807) is 19.2 Å². The predicted molar refractivity (Wildman–Crippen MR) is 85.6 cm³/mol. The van der Waals surface area contributed by atoms with Gasteiger partial charge in [-0.2, -0.15) is 0 Å². The molecule has 0 spiro atoms. The molecule has 1 N–H and O–H groups in total. The second-order valence-corrected chi connectivity index (χ2v) is 5.12. The first-order valence-corrected chi connectivity index (χ1v) is 6.95. The van der Waals surface area contributed by atoms with Crippen molar-refractivity contribution in [2.45, 2.75) is 18.9 Å². The minimum absolute atomic E-state index is 0. The second-order valence-electron chi connectivity index (χ2n) is 5.12. The molecule has 0 aromatic heterocycles. The Bertz CT molecular complexity index is 594. The highest BCUT2D eigenvalue weighted by atomic mass is 35.5. The Morgan fingerprint density at radius 3 is 2.52 bits per heavy atom. The van der Waals surface area contributed by atoms with E-state index in [0.717, 1.165) is 12.1 Å². The minimum atomic E-state index is -0.224. The predicted octanol–water partition coefficient (Wildman–Crippen LogP) is 4.35. The van der Waals surface area contributed by atoms with Gasteiger partial charge >= 0.3 is 0 Å². The lowest BCUT2D eigenvalue weighted by Gasteiger charge is -2.12. The first-order chi connectivity index (χ1) is 9.78. The SMILES string of the molecule is COc1ccc(F)c(-c2ccc(C3CCCN3)cc2)c1.Cl. The van der Waals surface area contributed by atoms with Crippen LogP contribution in [0.4, 0.5) is 4.39 Å². The van der Waals surface area contributed by atoms with E-state index >= 15 is 0 Å². The molecule has 3 rings (SSSR count). The van der Waals surface area contributed by atoms with Gasteiger partial charge in [0.1, 0.15) is 11.6 Å². The van der Waals surface area contributed by atoms with Crippen LogP contribution in [0.3, 0.4) is 0 Å². The molecule has 0 saturated carbocycles. The molecule has 0 radical (unpaired) electrons. The van der Waals surface area contributed by atoms with Gasteiger partial charge in [-0.1, -0.05) is 24.3 Å². The van der Waals surface area contributed by atoms with Gasteiger partial charge in [0.05, 0.1) is 7.11 Å². The molecule has 0 amide bonds. The van der Waals surface area contributed by atoms with Crippen LogP contribution in [0.25, 0.3) is 11.1 Å². The van der Waals surface area contributed by atoms with Gasteiger partial charge in [-0.25, -0.2) is 4.39 Å². The summed E-state index contributed by atoms with van der Waals surface area (Å²) in [7, 11) is 1.59. The van der Waals surface area contributed by atoms with Crippen molar-refractivity contribution in [3.8, 4) is 16.9 Å². The summed E-state index contributed by atoms with van der Waals surface area (Å²) in [6.45, 7) is 1.08. The monoisotopic (exact) mass is 307 g/mol. The largest absolute Gasteiger partial charge is 0.497 e. The summed E-state index contributed by atoms with van der Waals surface area (Å²) in [6.07, 6.45) is 2.39. The summed E-state index contributed by atoms with van der Waals surface area (Å²) in [5.74, 6) is 0.445. The third-order valence-electron chi connectivity index (χ3n) is 3.86. The first kappa shape index (κ1) is 15.8. The van der Waals surface area contributed by atoms with Gasteiger partial charge in [-0.15, -0.1) is 12.4 Å². The van der Waals surface area contributed by atoms with Crippen LogP contribution in [-0.4, -0.2) is 13.7 Å². The van der Waals surface area contributed by atoms with Crippen LogP contribution in [0, 0.1) is 5.82 Å². The second kappa shape index (κ2) is 6.92. The third kappa shape index (κ3) is 3.36. The van der Waals surface area contributed by atoms with E-state index in [1.165, 1.54) is 24.5 Å². The van der Waals surface area contributed by atoms with Gasteiger partial charge in [0.25, 0.3) is 0 Å². The fourth-order valence-corrected chi connectivity index (χ4v) is 2.72. The zero-order chi connectivity index (χ0) is 13.9. The summed E-state index contributed by atoms with van der Waals surface area (Å²) >= 11 is 0. The van der Waals surface area contributed by atoms with E-state index in [9.17, 15) is 4.39 Å². The lowest BCUT2D eigenvalue weighted by Crippen LogP contribution is -2.12. The maximum Gasteiger partial charge on any atom is 0.131 e. The van der Waals surface area contributed by atoms with Crippen molar-refractivity contribution in [1.29, 1.82) is 0 Å². The molecule has 2 aromatic rings. The van der Waals surface area contributed by atoms with Gasteiger partial charge in [0.15, 0.2) is 0 Å². The first-order valence-electron chi connectivity index (χ1n) is 6.95. The lowest BCUT2D eigenvalue weighted by atomic mass is 9.99. The normalized spacial score (nSPS) is 17.3. The van der Waals surface area contributed by atoms with E-state index in [4.69, 9.17) is 4.74 Å². The van der Waals surface area contributed by atoms with Crippen LogP contribution in [0.15, 0.2) is 42.5 Å². The topological polar surface area (TPSA) is 21.3 Å². The van der Waals surface area contributed by atoms with E-state index in [2.05, 4.69) is 17.4 Å². The molecule has 4 heteroatoms. The molecular formula is C17H19ClFNO. The molecule has 1 heterocycles. The Kier molecular flexibility index (Phi) is 5.21. The van der Waals surface area contributed by atoms with Gasteiger partial charge < -0.3 is 10.1 Å². The summed E-state index contributed by atoms with van der Waals surface area (Å²) in [5.41, 5.74) is 2.73. The van der Waals surface area contributed by atoms with Crippen molar-refractivity contribution in [2.75, 3.05) is 13.7 Å². The molecule has 1 aliphatic rings. The highest BCUT2D eigenvalue weighted by Crippen LogP contribution is 2.29. The summed E-state index contributed by atoms with van der Waals surface area (Å²) < 4.78 is 19.1. The van der Waals surface area contributed by atoms with E-state index in [0.29, 0.717) is 17.4 Å². The van der Waals surface area contributed by atoms with Crippen molar-refractivity contribution in [3.05, 3.63) is 53.8 Å². The molecule has 1 unspecified atom stereocenters. The van der Waals surface area contributed by atoms with Crippen LogP contribution in [-0.2, 0) is 0 Å². The highest BCUT2D eigenvalue weighted by Gasteiger charge is 2.16. The third-order valence-corrected chi connectivity index (χ3v) is 3.86. The minimum Gasteiger partial charge on any atom is -0.497 e. The number of ether oxygens (including phenoxy) is 1. The van der Waals surface area contributed by atoms with Gasteiger partial charge in [0.2, 0.25) is 0 Å². The molecular weight excluding hydrogens is 289 g/mol. The molecule has 1 fully saturated rings. The highest BCUT2D eigenvalue weighted by molar-refractivity contribution is 5.85. The van der Waals surface area contributed by atoms with Crippen molar-refractivity contribution in [2.24, 2.45) is 0 Å². The van der Waals surface area contributed by atoms with Gasteiger partial charge in [-0.05, 0) is 48.7 Å². The summed E-state index contributed by atoms with van der Waals surface area (Å²) in [6, 6.07) is 13.4. The average molecular weight is 308 g/mol. The number of hydrogen-bond donors (Lipinski definition) is 1. The van der Waals surface area contributed by atoms with Crippen LogP contribution in [0.5, 0.6) is 5.75 Å². The summed E-state index contributed by atoms with van der Waals surface area (Å²) in [5, 5.41) is 3.47. The van der Waals surface area contributed by atoms with Crippen molar-refractivity contribution in [1.82, 2.24) is 5.32 Å². The van der Waals surface area contributed by atoms with Crippen molar-refractivity contribution >= 4 is 12.4 Å². The van der Waals surface area contributed by atoms with Crippen LogP contribution in [0.1, 0.15) is 24.4 Å². The molecule has 21 heavy (non-hydrogen) atoms. The molecule has 1 saturated heterocycles. The van der Waals surface area contributed by atoms with Crippen molar-refractivity contribution < 1.29 is 9.13 Å². The zero-order valence-electron chi connectivity index (χ0n) is 11.9.